The lowest BCUT2D eigenvalue weighted by Crippen LogP contribution is -1.90. The van der Waals surface area contributed by atoms with Crippen LogP contribution in [0.3, 0.4) is 0 Å². The highest BCUT2D eigenvalue weighted by molar-refractivity contribution is 7.98. The SMILES string of the molecule is N#Cc1ccc(SCc2noc(-c3cc(O)c(O)c([N+](=O)[O-])c3)n2)cc1O. The third kappa shape index (κ3) is 3.75. The maximum atomic E-state index is 10.9. The van der Waals surface area contributed by atoms with Gasteiger partial charge in [-0.3, -0.25) is 10.1 Å². The smallest absolute Gasteiger partial charge is 0.315 e. The molecule has 1 aromatic heterocycles. The highest BCUT2D eigenvalue weighted by Gasteiger charge is 2.22. The van der Waals surface area contributed by atoms with Crippen molar-refractivity contribution in [2.24, 2.45) is 0 Å². The Morgan fingerprint density at radius 2 is 2.00 bits per heavy atom. The van der Waals surface area contributed by atoms with Gasteiger partial charge in [0.2, 0.25) is 5.75 Å². The number of phenolic OH excluding ortho intramolecular Hbond substituents is 3. The Kier molecular flexibility index (Phi) is 4.82. The predicted octanol–water partition coefficient (Wildman–Crippen LogP) is 2.93. The number of nitro benzene ring substituents is 1. The number of hydrogen-bond donors (Lipinski definition) is 3. The maximum absolute atomic E-state index is 10.9. The summed E-state index contributed by atoms with van der Waals surface area (Å²) in [7, 11) is 0. The third-order valence-electron chi connectivity index (χ3n) is 3.44. The molecule has 0 aliphatic rings. The Labute approximate surface area is 155 Å². The first-order valence-electron chi connectivity index (χ1n) is 7.28. The lowest BCUT2D eigenvalue weighted by Gasteiger charge is -2.01. The second kappa shape index (κ2) is 7.22. The zero-order chi connectivity index (χ0) is 19.6. The molecule has 0 amide bonds. The molecule has 0 bridgehead atoms. The first-order chi connectivity index (χ1) is 12.9. The van der Waals surface area contributed by atoms with Gasteiger partial charge in [0.25, 0.3) is 5.89 Å². The highest BCUT2D eigenvalue weighted by Crippen LogP contribution is 2.39. The minimum atomic E-state index is -0.848. The molecule has 0 spiro atoms. The van der Waals surface area contributed by atoms with Crippen LogP contribution in [0.25, 0.3) is 11.5 Å². The van der Waals surface area contributed by atoms with E-state index in [2.05, 4.69) is 10.1 Å². The molecule has 0 atom stereocenters. The van der Waals surface area contributed by atoms with Crippen molar-refractivity contribution in [3.05, 3.63) is 51.8 Å². The second-order valence-electron chi connectivity index (χ2n) is 5.22. The van der Waals surface area contributed by atoms with E-state index in [1.54, 1.807) is 6.07 Å². The van der Waals surface area contributed by atoms with Gasteiger partial charge in [-0.2, -0.15) is 10.2 Å². The topological polar surface area (TPSA) is 167 Å². The Morgan fingerprint density at radius 1 is 1.22 bits per heavy atom. The van der Waals surface area contributed by atoms with Gasteiger partial charge in [-0.25, -0.2) is 0 Å². The summed E-state index contributed by atoms with van der Waals surface area (Å²) in [5.41, 5.74) is -0.445. The minimum Gasteiger partial charge on any atom is -0.507 e. The molecule has 2 aromatic carbocycles. The monoisotopic (exact) mass is 386 g/mol. The molecule has 0 saturated carbocycles. The number of benzene rings is 2. The highest BCUT2D eigenvalue weighted by atomic mass is 32.2. The van der Waals surface area contributed by atoms with Crippen molar-refractivity contribution in [2.45, 2.75) is 10.6 Å². The number of hydrogen-bond acceptors (Lipinski definition) is 10. The fourth-order valence-electron chi connectivity index (χ4n) is 2.14. The standard InChI is InChI=1S/C16H10N4O6S/c17-6-8-1-2-10(5-12(8)21)27-7-14-18-16(26-19-14)9-3-11(20(24)25)15(23)13(22)4-9/h1-5,21-23H,7H2. The number of nitrogens with zero attached hydrogens (tertiary/aromatic N) is 4. The molecular formula is C16H10N4O6S. The number of nitro groups is 1. The predicted molar refractivity (Wildman–Crippen MR) is 92.1 cm³/mol. The summed E-state index contributed by atoms with van der Waals surface area (Å²) >= 11 is 1.28. The van der Waals surface area contributed by atoms with Gasteiger partial charge in [0, 0.05) is 11.0 Å². The van der Waals surface area contributed by atoms with Gasteiger partial charge in [0.05, 0.1) is 21.8 Å². The number of thioether (sulfide) groups is 1. The van der Waals surface area contributed by atoms with E-state index in [9.17, 15) is 25.4 Å². The average molecular weight is 386 g/mol. The summed E-state index contributed by atoms with van der Waals surface area (Å²) < 4.78 is 5.05. The van der Waals surface area contributed by atoms with Crippen LogP contribution < -0.4 is 0 Å². The molecule has 0 saturated heterocycles. The molecule has 10 nitrogen and oxygen atoms in total. The molecule has 3 aromatic rings. The van der Waals surface area contributed by atoms with Gasteiger partial charge < -0.3 is 19.8 Å². The zero-order valence-electron chi connectivity index (χ0n) is 13.4. The summed E-state index contributed by atoms with van der Waals surface area (Å²) in [5, 5.41) is 52.3. The van der Waals surface area contributed by atoms with Crippen molar-refractivity contribution < 1.29 is 24.8 Å². The van der Waals surface area contributed by atoms with Crippen LogP contribution in [0.2, 0.25) is 0 Å². The van der Waals surface area contributed by atoms with Crippen molar-refractivity contribution >= 4 is 17.4 Å². The molecule has 0 aliphatic carbocycles. The number of aromatic nitrogens is 2. The molecule has 27 heavy (non-hydrogen) atoms. The minimum absolute atomic E-state index is 0.0633. The van der Waals surface area contributed by atoms with E-state index in [0.717, 1.165) is 12.1 Å². The lowest BCUT2D eigenvalue weighted by atomic mass is 10.1. The van der Waals surface area contributed by atoms with Gasteiger partial charge in [-0.05, 0) is 24.3 Å². The first kappa shape index (κ1) is 18.0. The average Bonchev–Trinajstić information content (AvgIpc) is 3.11. The molecule has 0 radical (unpaired) electrons. The van der Waals surface area contributed by atoms with Crippen LogP contribution in [0.15, 0.2) is 39.8 Å². The first-order valence-corrected chi connectivity index (χ1v) is 8.27. The number of nitriles is 1. The molecule has 0 fully saturated rings. The number of phenols is 3. The van der Waals surface area contributed by atoms with Gasteiger partial charge >= 0.3 is 5.69 Å². The molecule has 0 unspecified atom stereocenters. The van der Waals surface area contributed by atoms with Crippen molar-refractivity contribution in [3.63, 3.8) is 0 Å². The normalized spacial score (nSPS) is 10.5. The van der Waals surface area contributed by atoms with Gasteiger partial charge in [-0.15, -0.1) is 11.8 Å². The van der Waals surface area contributed by atoms with E-state index in [1.165, 1.54) is 23.9 Å². The molecule has 11 heteroatoms. The van der Waals surface area contributed by atoms with Crippen LogP contribution in [0.5, 0.6) is 17.2 Å². The van der Waals surface area contributed by atoms with Crippen LogP contribution >= 0.6 is 11.8 Å². The Balaban J connectivity index is 1.78. The number of rotatable bonds is 5. The van der Waals surface area contributed by atoms with E-state index >= 15 is 0 Å². The van der Waals surface area contributed by atoms with Crippen LogP contribution in [-0.2, 0) is 5.75 Å². The summed E-state index contributed by atoms with van der Waals surface area (Å²) in [5.74, 6) is -1.19. The molecule has 3 N–H and O–H groups in total. The summed E-state index contributed by atoms with van der Waals surface area (Å²) in [6.45, 7) is 0. The quantitative estimate of drug-likeness (QED) is 0.257. The van der Waals surface area contributed by atoms with Gasteiger partial charge in [-0.1, -0.05) is 5.16 Å². The fraction of sp³-hybridized carbons (Fsp3) is 0.0625. The molecule has 0 aliphatic heterocycles. The Morgan fingerprint density at radius 3 is 2.67 bits per heavy atom. The van der Waals surface area contributed by atoms with Crippen LogP contribution in [0, 0.1) is 21.4 Å². The largest absolute Gasteiger partial charge is 0.507 e. The third-order valence-corrected chi connectivity index (χ3v) is 4.43. The van der Waals surface area contributed by atoms with Crippen LogP contribution in [0.4, 0.5) is 5.69 Å². The van der Waals surface area contributed by atoms with Crippen molar-refractivity contribution in [3.8, 4) is 34.8 Å². The lowest BCUT2D eigenvalue weighted by molar-refractivity contribution is -0.385. The fourth-order valence-corrected chi connectivity index (χ4v) is 2.91. The molecular weight excluding hydrogens is 376 g/mol. The van der Waals surface area contributed by atoms with Crippen LogP contribution in [-0.4, -0.2) is 30.4 Å². The Hall–Kier alpha value is -3.78. The van der Waals surface area contributed by atoms with Crippen molar-refractivity contribution in [1.82, 2.24) is 10.1 Å². The van der Waals surface area contributed by atoms with E-state index in [1.807, 2.05) is 6.07 Å². The van der Waals surface area contributed by atoms with Crippen molar-refractivity contribution in [2.75, 3.05) is 0 Å². The van der Waals surface area contributed by atoms with E-state index in [4.69, 9.17) is 9.78 Å². The van der Waals surface area contributed by atoms with Crippen LogP contribution in [0.1, 0.15) is 11.4 Å². The van der Waals surface area contributed by atoms with Gasteiger partial charge in [0.1, 0.15) is 11.8 Å². The molecule has 1 heterocycles. The van der Waals surface area contributed by atoms with E-state index in [-0.39, 0.29) is 34.3 Å². The van der Waals surface area contributed by atoms with Crippen molar-refractivity contribution in [1.29, 1.82) is 5.26 Å². The second-order valence-corrected chi connectivity index (χ2v) is 6.26. The van der Waals surface area contributed by atoms with E-state index in [0.29, 0.717) is 4.90 Å². The summed E-state index contributed by atoms with van der Waals surface area (Å²) in [6.07, 6.45) is 0. The summed E-state index contributed by atoms with van der Waals surface area (Å²) in [4.78, 5) is 14.8. The molecule has 3 rings (SSSR count). The molecule has 136 valence electrons. The maximum Gasteiger partial charge on any atom is 0.315 e. The summed E-state index contributed by atoms with van der Waals surface area (Å²) in [6, 6.07) is 8.52. The zero-order valence-corrected chi connectivity index (χ0v) is 14.2. The number of aromatic hydroxyl groups is 3. The Bertz CT molecular complexity index is 1080. The van der Waals surface area contributed by atoms with E-state index < -0.39 is 22.1 Å². The van der Waals surface area contributed by atoms with Gasteiger partial charge in [0.15, 0.2) is 11.6 Å².